The van der Waals surface area contributed by atoms with E-state index in [0.717, 1.165) is 29.3 Å². The Labute approximate surface area is 92.0 Å². The van der Waals surface area contributed by atoms with Gasteiger partial charge in [-0.2, -0.15) is 0 Å². The first-order valence-electron chi connectivity index (χ1n) is 4.81. The molecule has 0 atom stereocenters. The second-order valence-electron chi connectivity index (χ2n) is 3.59. The minimum Gasteiger partial charge on any atom is -0.504 e. The molecule has 0 spiro atoms. The van der Waals surface area contributed by atoms with Crippen LogP contribution in [0.2, 0.25) is 0 Å². The van der Waals surface area contributed by atoms with Gasteiger partial charge in [0.2, 0.25) is 0 Å². The molecule has 3 heteroatoms. The van der Waals surface area contributed by atoms with Crippen molar-refractivity contribution >= 4 is 15.9 Å². The first-order chi connectivity index (χ1) is 6.74. The fraction of sp³-hybridized carbons (Fsp3) is 0.455. The van der Waals surface area contributed by atoms with Crippen molar-refractivity contribution in [2.24, 2.45) is 0 Å². The topological polar surface area (TPSA) is 29.5 Å². The van der Waals surface area contributed by atoms with Gasteiger partial charge in [-0.05, 0) is 53.2 Å². The normalized spacial score (nSPS) is 15.0. The SMILES string of the molecule is COc1c(Br)cc2c(c1O)CCCC2. The van der Waals surface area contributed by atoms with Crippen LogP contribution < -0.4 is 4.74 Å². The molecule has 0 heterocycles. The van der Waals surface area contributed by atoms with Crippen molar-refractivity contribution < 1.29 is 9.84 Å². The van der Waals surface area contributed by atoms with Crippen molar-refractivity contribution in [3.63, 3.8) is 0 Å². The standard InChI is InChI=1S/C11H13BrO2/c1-14-11-9(12)6-7-4-2-3-5-8(7)10(11)13/h6,13H,2-5H2,1H3. The van der Waals surface area contributed by atoms with Gasteiger partial charge in [-0.15, -0.1) is 0 Å². The Bertz CT molecular complexity index is 361. The van der Waals surface area contributed by atoms with Gasteiger partial charge in [-0.3, -0.25) is 0 Å². The maximum atomic E-state index is 9.96. The van der Waals surface area contributed by atoms with Crippen LogP contribution in [-0.2, 0) is 12.8 Å². The number of halogens is 1. The van der Waals surface area contributed by atoms with Crippen LogP contribution in [0.1, 0.15) is 24.0 Å². The predicted molar refractivity (Wildman–Crippen MR) is 59.0 cm³/mol. The van der Waals surface area contributed by atoms with E-state index in [2.05, 4.69) is 22.0 Å². The number of phenolic OH excluding ortho intramolecular Hbond substituents is 1. The highest BCUT2D eigenvalue weighted by Crippen LogP contribution is 2.41. The Morgan fingerprint density at radius 2 is 2.07 bits per heavy atom. The van der Waals surface area contributed by atoms with Gasteiger partial charge in [0.15, 0.2) is 11.5 Å². The van der Waals surface area contributed by atoms with Crippen LogP contribution in [0.5, 0.6) is 11.5 Å². The molecule has 0 amide bonds. The largest absolute Gasteiger partial charge is 0.504 e. The van der Waals surface area contributed by atoms with E-state index < -0.39 is 0 Å². The molecule has 0 saturated heterocycles. The molecule has 0 aliphatic heterocycles. The van der Waals surface area contributed by atoms with Crippen LogP contribution in [0.3, 0.4) is 0 Å². The molecule has 1 N–H and O–H groups in total. The quantitative estimate of drug-likeness (QED) is 0.837. The van der Waals surface area contributed by atoms with Gasteiger partial charge in [-0.25, -0.2) is 0 Å². The van der Waals surface area contributed by atoms with Crippen LogP contribution in [-0.4, -0.2) is 12.2 Å². The number of ether oxygens (including phenoxy) is 1. The molecule has 1 aliphatic rings. The van der Waals surface area contributed by atoms with E-state index in [1.165, 1.54) is 12.0 Å². The number of phenols is 1. The number of fused-ring (bicyclic) bond motifs is 1. The van der Waals surface area contributed by atoms with Crippen LogP contribution in [0.25, 0.3) is 0 Å². The Balaban J connectivity index is 2.57. The molecule has 2 nitrogen and oxygen atoms in total. The number of hydrogen-bond donors (Lipinski definition) is 1. The zero-order valence-electron chi connectivity index (χ0n) is 8.14. The van der Waals surface area contributed by atoms with Crippen LogP contribution >= 0.6 is 15.9 Å². The third-order valence-corrected chi connectivity index (χ3v) is 3.32. The van der Waals surface area contributed by atoms with E-state index >= 15 is 0 Å². The smallest absolute Gasteiger partial charge is 0.174 e. The molecule has 0 saturated carbocycles. The van der Waals surface area contributed by atoms with E-state index in [1.807, 2.05) is 0 Å². The average molecular weight is 257 g/mol. The van der Waals surface area contributed by atoms with Gasteiger partial charge in [0.25, 0.3) is 0 Å². The Morgan fingerprint density at radius 1 is 1.36 bits per heavy atom. The van der Waals surface area contributed by atoms with E-state index in [-0.39, 0.29) is 0 Å². The number of hydrogen-bond acceptors (Lipinski definition) is 2. The fourth-order valence-electron chi connectivity index (χ4n) is 2.02. The highest BCUT2D eigenvalue weighted by Gasteiger charge is 2.19. The molecule has 0 radical (unpaired) electrons. The predicted octanol–water partition coefficient (Wildman–Crippen LogP) is 3.04. The number of aryl methyl sites for hydroxylation is 1. The highest BCUT2D eigenvalue weighted by molar-refractivity contribution is 9.10. The van der Waals surface area contributed by atoms with Crippen LogP contribution in [0.15, 0.2) is 10.5 Å². The molecular formula is C11H13BrO2. The molecule has 0 bridgehead atoms. The Morgan fingerprint density at radius 3 is 2.79 bits per heavy atom. The number of rotatable bonds is 1. The second-order valence-corrected chi connectivity index (χ2v) is 4.44. The molecule has 0 aromatic heterocycles. The summed E-state index contributed by atoms with van der Waals surface area (Å²) in [6.45, 7) is 0. The summed E-state index contributed by atoms with van der Waals surface area (Å²) >= 11 is 3.40. The molecule has 1 aromatic rings. The summed E-state index contributed by atoms with van der Waals surface area (Å²) in [5.41, 5.74) is 2.32. The third kappa shape index (κ3) is 1.50. The third-order valence-electron chi connectivity index (χ3n) is 2.73. The molecule has 2 rings (SSSR count). The van der Waals surface area contributed by atoms with Crippen molar-refractivity contribution in [3.05, 3.63) is 21.7 Å². The van der Waals surface area contributed by atoms with E-state index in [9.17, 15) is 5.11 Å². The fourth-order valence-corrected chi connectivity index (χ4v) is 2.65. The van der Waals surface area contributed by atoms with E-state index in [1.54, 1.807) is 7.11 Å². The van der Waals surface area contributed by atoms with Crippen molar-refractivity contribution in [2.45, 2.75) is 25.7 Å². The lowest BCUT2D eigenvalue weighted by Crippen LogP contribution is -2.04. The maximum absolute atomic E-state index is 9.96. The number of methoxy groups -OCH3 is 1. The van der Waals surface area contributed by atoms with Crippen molar-refractivity contribution in [3.8, 4) is 11.5 Å². The lowest BCUT2D eigenvalue weighted by molar-refractivity contribution is 0.366. The zero-order chi connectivity index (χ0) is 10.1. The van der Waals surface area contributed by atoms with Gasteiger partial charge in [-0.1, -0.05) is 0 Å². The second kappa shape index (κ2) is 3.81. The van der Waals surface area contributed by atoms with Gasteiger partial charge >= 0.3 is 0 Å². The van der Waals surface area contributed by atoms with Crippen molar-refractivity contribution in [2.75, 3.05) is 7.11 Å². The van der Waals surface area contributed by atoms with Gasteiger partial charge in [0, 0.05) is 5.56 Å². The molecule has 1 aromatic carbocycles. The van der Waals surface area contributed by atoms with Crippen LogP contribution in [0, 0.1) is 0 Å². The maximum Gasteiger partial charge on any atom is 0.174 e. The van der Waals surface area contributed by atoms with Crippen LogP contribution in [0.4, 0.5) is 0 Å². The lowest BCUT2D eigenvalue weighted by atomic mass is 9.91. The first kappa shape index (κ1) is 9.84. The molecular weight excluding hydrogens is 244 g/mol. The summed E-state index contributed by atoms with van der Waals surface area (Å²) < 4.78 is 5.99. The molecule has 0 fully saturated rings. The van der Waals surface area contributed by atoms with Gasteiger partial charge in [0.1, 0.15) is 0 Å². The van der Waals surface area contributed by atoms with Crippen molar-refractivity contribution in [1.82, 2.24) is 0 Å². The molecule has 0 unspecified atom stereocenters. The highest BCUT2D eigenvalue weighted by atomic mass is 79.9. The molecule has 14 heavy (non-hydrogen) atoms. The first-order valence-corrected chi connectivity index (χ1v) is 5.60. The van der Waals surface area contributed by atoms with Gasteiger partial charge in [0.05, 0.1) is 11.6 Å². The zero-order valence-corrected chi connectivity index (χ0v) is 9.73. The van der Waals surface area contributed by atoms with Crippen molar-refractivity contribution in [1.29, 1.82) is 0 Å². The summed E-state index contributed by atoms with van der Waals surface area (Å²) in [7, 11) is 1.58. The van der Waals surface area contributed by atoms with E-state index in [4.69, 9.17) is 4.74 Å². The minimum atomic E-state index is 0.316. The summed E-state index contributed by atoms with van der Waals surface area (Å²) in [4.78, 5) is 0. The summed E-state index contributed by atoms with van der Waals surface area (Å²) in [5.74, 6) is 0.877. The average Bonchev–Trinajstić information content (AvgIpc) is 2.18. The molecule has 76 valence electrons. The lowest BCUT2D eigenvalue weighted by Gasteiger charge is -2.19. The summed E-state index contributed by atoms with van der Waals surface area (Å²) in [6, 6.07) is 2.06. The Hall–Kier alpha value is -0.700. The number of aromatic hydroxyl groups is 1. The summed E-state index contributed by atoms with van der Waals surface area (Å²) in [5, 5.41) is 9.96. The minimum absolute atomic E-state index is 0.316. The van der Waals surface area contributed by atoms with Gasteiger partial charge < -0.3 is 9.84 Å². The van der Waals surface area contributed by atoms with E-state index in [0.29, 0.717) is 11.5 Å². The monoisotopic (exact) mass is 256 g/mol. The number of benzene rings is 1. The molecule has 1 aliphatic carbocycles. The Kier molecular flexibility index (Phi) is 2.68. The summed E-state index contributed by atoms with van der Waals surface area (Å²) in [6.07, 6.45) is 4.40.